The first kappa shape index (κ1) is 41.8. The molecular formula is C41H45ClN8O7. The van der Waals surface area contributed by atoms with Gasteiger partial charge in [0.05, 0.1) is 62.0 Å². The number of nitrogens with one attached hydrogen (secondary N) is 2. The van der Waals surface area contributed by atoms with E-state index in [1.807, 2.05) is 26.0 Å². The maximum absolute atomic E-state index is 14.2. The van der Waals surface area contributed by atoms with Crippen molar-refractivity contribution in [2.24, 2.45) is 0 Å². The van der Waals surface area contributed by atoms with E-state index in [-0.39, 0.29) is 65.1 Å². The number of nitriles is 1. The maximum atomic E-state index is 14.2. The summed E-state index contributed by atoms with van der Waals surface area (Å²) in [6, 6.07) is 16.8. The standard InChI is InChI=1S/C41H45ClN8O7/c1-9-56-39(53)35-33(36(24(2)3)50(48-35)31-20-44-40(47-37(31)55-8)45-21-32(51)57-41(4,5)6)34(27-14-10-25(19-43)11-15-27)46-30-18-28(42)23-49(38(30)52)22-26-12-16-29(54-7)17-13-26/h10-18,20,23-24,34,46H,9,21-22H2,1-8H3,(H,44,45,47). The smallest absolute Gasteiger partial charge is 0.359 e. The molecule has 2 aromatic carbocycles. The Kier molecular flexibility index (Phi) is 13.2. The summed E-state index contributed by atoms with van der Waals surface area (Å²) in [4.78, 5) is 49.3. The molecule has 57 heavy (non-hydrogen) atoms. The van der Waals surface area contributed by atoms with E-state index < -0.39 is 23.6 Å². The predicted octanol–water partition coefficient (Wildman–Crippen LogP) is 6.67. The first-order valence-corrected chi connectivity index (χ1v) is 18.5. The van der Waals surface area contributed by atoms with Crippen LogP contribution in [0.3, 0.4) is 0 Å². The number of hydrogen-bond donors (Lipinski definition) is 2. The van der Waals surface area contributed by atoms with Crippen molar-refractivity contribution in [2.45, 2.75) is 65.6 Å². The highest BCUT2D eigenvalue weighted by Crippen LogP contribution is 2.38. The predicted molar refractivity (Wildman–Crippen MR) is 215 cm³/mol. The number of nitrogens with zero attached hydrogens (tertiary/aromatic N) is 6. The number of hydrogen-bond acceptors (Lipinski definition) is 13. The molecule has 0 radical (unpaired) electrons. The lowest BCUT2D eigenvalue weighted by atomic mass is 9.91. The molecular weight excluding hydrogens is 752 g/mol. The van der Waals surface area contributed by atoms with E-state index in [9.17, 15) is 19.6 Å². The van der Waals surface area contributed by atoms with Crippen LogP contribution >= 0.6 is 11.6 Å². The normalized spacial score (nSPS) is 11.7. The molecule has 3 aromatic heterocycles. The Balaban J connectivity index is 1.68. The Morgan fingerprint density at radius 2 is 1.74 bits per heavy atom. The summed E-state index contributed by atoms with van der Waals surface area (Å²) in [6.07, 6.45) is 3.01. The molecule has 0 saturated carbocycles. The third kappa shape index (κ3) is 10.1. The van der Waals surface area contributed by atoms with Crippen LogP contribution in [0.15, 0.2) is 71.8 Å². The minimum Gasteiger partial charge on any atom is -0.497 e. The Morgan fingerprint density at radius 1 is 1.04 bits per heavy atom. The van der Waals surface area contributed by atoms with Gasteiger partial charge in [0.2, 0.25) is 11.8 Å². The summed E-state index contributed by atoms with van der Waals surface area (Å²) >= 11 is 6.65. The number of carbonyl (C=O) groups is 2. The number of carbonyl (C=O) groups excluding carboxylic acids is 2. The average Bonchev–Trinajstić information content (AvgIpc) is 3.58. The molecule has 298 valence electrons. The molecule has 3 heterocycles. The van der Waals surface area contributed by atoms with E-state index in [0.717, 1.165) is 5.56 Å². The number of benzene rings is 2. The largest absolute Gasteiger partial charge is 0.497 e. The summed E-state index contributed by atoms with van der Waals surface area (Å²) < 4.78 is 24.9. The van der Waals surface area contributed by atoms with Crippen molar-refractivity contribution in [3.8, 4) is 23.4 Å². The monoisotopic (exact) mass is 796 g/mol. The van der Waals surface area contributed by atoms with Gasteiger partial charge in [0.1, 0.15) is 29.3 Å². The third-order valence-corrected chi connectivity index (χ3v) is 8.68. The maximum Gasteiger partial charge on any atom is 0.359 e. The number of methoxy groups -OCH3 is 2. The molecule has 5 rings (SSSR count). The van der Waals surface area contributed by atoms with Crippen molar-refractivity contribution < 1.29 is 28.5 Å². The molecule has 0 saturated heterocycles. The number of rotatable bonds is 15. The quantitative estimate of drug-likeness (QED) is 0.107. The molecule has 0 aliphatic carbocycles. The minimum absolute atomic E-state index is 0.0443. The highest BCUT2D eigenvalue weighted by atomic mass is 35.5. The molecule has 15 nitrogen and oxygen atoms in total. The Morgan fingerprint density at radius 3 is 2.33 bits per heavy atom. The second-order valence-corrected chi connectivity index (χ2v) is 14.6. The number of esters is 2. The molecule has 0 bridgehead atoms. The zero-order valence-corrected chi connectivity index (χ0v) is 33.8. The van der Waals surface area contributed by atoms with E-state index >= 15 is 0 Å². The van der Waals surface area contributed by atoms with Crippen molar-refractivity contribution in [2.75, 3.05) is 38.0 Å². The first-order chi connectivity index (χ1) is 27.2. The van der Waals surface area contributed by atoms with E-state index in [4.69, 9.17) is 35.6 Å². The van der Waals surface area contributed by atoms with Crippen LogP contribution in [-0.4, -0.2) is 69.2 Å². The number of halogens is 1. The van der Waals surface area contributed by atoms with Gasteiger partial charge in [-0.2, -0.15) is 15.3 Å². The Labute approximate surface area is 335 Å². The summed E-state index contributed by atoms with van der Waals surface area (Å²) in [5.74, 6) is -0.665. The lowest BCUT2D eigenvalue weighted by Gasteiger charge is -2.24. The van der Waals surface area contributed by atoms with Gasteiger partial charge in [-0.25, -0.2) is 14.5 Å². The van der Waals surface area contributed by atoms with Gasteiger partial charge in [0.25, 0.3) is 5.56 Å². The highest BCUT2D eigenvalue weighted by molar-refractivity contribution is 6.30. The lowest BCUT2D eigenvalue weighted by molar-refractivity contribution is -0.152. The minimum atomic E-state index is -0.911. The van der Waals surface area contributed by atoms with E-state index in [1.54, 1.807) is 77.4 Å². The van der Waals surface area contributed by atoms with Gasteiger partial charge in [0, 0.05) is 11.8 Å². The topological polar surface area (TPSA) is 185 Å². The van der Waals surface area contributed by atoms with Gasteiger partial charge in [0.15, 0.2) is 5.69 Å². The van der Waals surface area contributed by atoms with Crippen molar-refractivity contribution >= 4 is 35.2 Å². The lowest BCUT2D eigenvalue weighted by Crippen LogP contribution is -2.28. The second kappa shape index (κ2) is 18.0. The first-order valence-electron chi connectivity index (χ1n) is 18.1. The van der Waals surface area contributed by atoms with E-state index in [2.05, 4.69) is 26.7 Å². The molecule has 0 aliphatic heterocycles. The van der Waals surface area contributed by atoms with Crippen molar-refractivity contribution in [1.29, 1.82) is 5.26 Å². The van der Waals surface area contributed by atoms with E-state index in [0.29, 0.717) is 28.1 Å². The highest BCUT2D eigenvalue weighted by Gasteiger charge is 2.34. The average molecular weight is 797 g/mol. The van der Waals surface area contributed by atoms with Crippen LogP contribution in [0.25, 0.3) is 5.69 Å². The van der Waals surface area contributed by atoms with Crippen molar-refractivity contribution in [3.05, 3.63) is 116 Å². The van der Waals surface area contributed by atoms with Gasteiger partial charge in [-0.1, -0.05) is 49.7 Å². The van der Waals surface area contributed by atoms with Gasteiger partial charge >= 0.3 is 11.9 Å². The van der Waals surface area contributed by atoms with Gasteiger partial charge in [-0.15, -0.1) is 0 Å². The molecule has 0 aliphatic rings. The molecule has 16 heteroatoms. The fourth-order valence-electron chi connectivity index (χ4n) is 6.06. The Hall–Kier alpha value is -6.40. The molecule has 0 amide bonds. The molecule has 1 unspecified atom stereocenters. The number of ether oxygens (including phenoxy) is 4. The van der Waals surface area contributed by atoms with Crippen LogP contribution in [0.1, 0.15) is 91.9 Å². The van der Waals surface area contributed by atoms with E-state index in [1.165, 1.54) is 28.6 Å². The van der Waals surface area contributed by atoms with Gasteiger partial charge in [-0.05, 0) is 75.1 Å². The second-order valence-electron chi connectivity index (χ2n) is 14.1. The van der Waals surface area contributed by atoms with Crippen molar-refractivity contribution in [3.63, 3.8) is 0 Å². The van der Waals surface area contributed by atoms with Crippen LogP contribution < -0.4 is 25.7 Å². The fourth-order valence-corrected chi connectivity index (χ4v) is 6.29. The summed E-state index contributed by atoms with van der Waals surface area (Å²) in [5.41, 5.74) is 2.11. The SMILES string of the molecule is CCOC(=O)c1nn(-c2cnc(NCC(=O)OC(C)(C)C)nc2OC)c(C(C)C)c1C(Nc1cc(Cl)cn(Cc2ccc(OC)cc2)c1=O)c1ccc(C#N)cc1. The fraction of sp³-hybridized carbons (Fsp3) is 0.341. The van der Waals surface area contributed by atoms with Gasteiger partial charge in [-0.3, -0.25) is 9.59 Å². The molecule has 0 fully saturated rings. The molecule has 2 N–H and O–H groups in total. The summed E-state index contributed by atoms with van der Waals surface area (Å²) in [5, 5.41) is 20.9. The third-order valence-electron chi connectivity index (χ3n) is 8.47. The molecule has 5 aromatic rings. The summed E-state index contributed by atoms with van der Waals surface area (Å²) in [6.45, 7) is 10.9. The van der Waals surface area contributed by atoms with Crippen LogP contribution in [0.2, 0.25) is 5.02 Å². The van der Waals surface area contributed by atoms with Crippen LogP contribution in [0, 0.1) is 11.3 Å². The zero-order valence-electron chi connectivity index (χ0n) is 33.0. The number of pyridine rings is 1. The Bertz CT molecular complexity index is 2330. The number of anilines is 2. The molecule has 0 spiro atoms. The van der Waals surface area contributed by atoms with Gasteiger partial charge < -0.3 is 34.1 Å². The van der Waals surface area contributed by atoms with Crippen LogP contribution in [0.5, 0.6) is 11.6 Å². The molecule has 1 atom stereocenters. The van der Waals surface area contributed by atoms with Crippen LogP contribution in [0.4, 0.5) is 11.6 Å². The van der Waals surface area contributed by atoms with Crippen molar-refractivity contribution in [1.82, 2.24) is 24.3 Å². The zero-order chi connectivity index (χ0) is 41.4. The summed E-state index contributed by atoms with van der Waals surface area (Å²) in [7, 11) is 3.00. The van der Waals surface area contributed by atoms with Crippen LogP contribution in [-0.2, 0) is 20.8 Å². The number of aromatic nitrogens is 5.